The second-order valence-corrected chi connectivity index (χ2v) is 8.54. The van der Waals surface area contributed by atoms with Crippen molar-refractivity contribution in [2.24, 2.45) is 5.73 Å². The number of hydrogen-bond acceptors (Lipinski definition) is 9. The number of carbonyl (C=O) groups excluding carboxylic acids is 1. The number of unbranched alkanes of at least 4 members (excludes halogenated alkanes) is 1. The second kappa shape index (κ2) is 12.8. The SMILES string of the molecule is NCCCC[C@H](NC(=O)c1ccc(-c2ccccc2O[C@H]2O[C@H](CO)[C@@H](O)[C@@H](O)[C@@H]2O)cc1)C(=O)O. The number of aliphatic carboxylic acids is 1. The number of nitrogens with one attached hydrogen (secondary N) is 1. The van der Waals surface area contributed by atoms with Crippen molar-refractivity contribution in [3.05, 3.63) is 54.1 Å². The van der Waals surface area contributed by atoms with E-state index in [2.05, 4.69) is 5.32 Å². The zero-order chi connectivity index (χ0) is 26.2. The van der Waals surface area contributed by atoms with Gasteiger partial charge < -0.3 is 46.1 Å². The number of ether oxygens (including phenoxy) is 2. The maximum atomic E-state index is 12.6. The molecule has 0 bridgehead atoms. The van der Waals surface area contributed by atoms with E-state index in [-0.39, 0.29) is 12.0 Å². The lowest BCUT2D eigenvalue weighted by Gasteiger charge is -2.39. The Hall–Kier alpha value is -3.06. The molecule has 36 heavy (non-hydrogen) atoms. The predicted molar refractivity (Wildman–Crippen MR) is 128 cm³/mol. The van der Waals surface area contributed by atoms with E-state index in [1.165, 1.54) is 0 Å². The van der Waals surface area contributed by atoms with Gasteiger partial charge in [0.2, 0.25) is 6.29 Å². The molecule has 11 nitrogen and oxygen atoms in total. The molecule has 1 saturated heterocycles. The van der Waals surface area contributed by atoms with E-state index in [4.69, 9.17) is 15.2 Å². The molecule has 1 fully saturated rings. The van der Waals surface area contributed by atoms with Gasteiger partial charge in [0.1, 0.15) is 36.2 Å². The molecule has 1 aliphatic rings. The van der Waals surface area contributed by atoms with Gasteiger partial charge in [0.05, 0.1) is 6.61 Å². The van der Waals surface area contributed by atoms with Crippen LogP contribution in [0.1, 0.15) is 29.6 Å². The van der Waals surface area contributed by atoms with Crippen LogP contribution < -0.4 is 15.8 Å². The molecule has 2 aromatic rings. The molecule has 0 aliphatic carbocycles. The molecule has 1 aliphatic heterocycles. The van der Waals surface area contributed by atoms with Crippen LogP contribution in [0, 0.1) is 0 Å². The number of hydrogen-bond donors (Lipinski definition) is 7. The third-order valence-electron chi connectivity index (χ3n) is 5.99. The van der Waals surface area contributed by atoms with Crippen molar-refractivity contribution < 1.29 is 44.6 Å². The first-order valence-electron chi connectivity index (χ1n) is 11.7. The lowest BCUT2D eigenvalue weighted by molar-refractivity contribution is -0.277. The van der Waals surface area contributed by atoms with E-state index in [0.29, 0.717) is 36.3 Å². The lowest BCUT2D eigenvalue weighted by Crippen LogP contribution is -2.60. The van der Waals surface area contributed by atoms with Crippen molar-refractivity contribution in [2.75, 3.05) is 13.2 Å². The van der Waals surface area contributed by atoms with E-state index in [1.807, 2.05) is 0 Å². The minimum Gasteiger partial charge on any atom is -0.480 e. The minimum atomic E-state index is -1.57. The minimum absolute atomic E-state index is 0.274. The number of aliphatic hydroxyl groups excluding tert-OH is 4. The molecule has 196 valence electrons. The molecule has 8 N–H and O–H groups in total. The quantitative estimate of drug-likeness (QED) is 0.202. The highest BCUT2D eigenvalue weighted by Crippen LogP contribution is 2.33. The van der Waals surface area contributed by atoms with Gasteiger partial charge in [-0.05, 0) is 49.6 Å². The first-order valence-corrected chi connectivity index (χ1v) is 11.7. The van der Waals surface area contributed by atoms with Crippen LogP contribution in [0.4, 0.5) is 0 Å². The van der Waals surface area contributed by atoms with Crippen LogP contribution in [-0.4, -0.2) is 87.3 Å². The van der Waals surface area contributed by atoms with E-state index in [1.54, 1.807) is 48.5 Å². The predicted octanol–water partition coefficient (Wildman–Crippen LogP) is -0.156. The summed E-state index contributed by atoms with van der Waals surface area (Å²) in [6, 6.07) is 12.2. The normalized spacial score (nSPS) is 24.6. The first kappa shape index (κ1) is 27.5. The molecule has 0 radical (unpaired) electrons. The zero-order valence-electron chi connectivity index (χ0n) is 19.6. The number of carboxylic acid groups (broad SMARTS) is 1. The Labute approximate surface area is 208 Å². The fourth-order valence-corrected chi connectivity index (χ4v) is 3.89. The number of amides is 1. The molecular formula is C25H32N2O9. The molecule has 11 heteroatoms. The maximum absolute atomic E-state index is 12.6. The number of carboxylic acids is 1. The Kier molecular flexibility index (Phi) is 9.76. The van der Waals surface area contributed by atoms with Gasteiger partial charge in [0.25, 0.3) is 5.91 Å². The standard InChI is InChI=1S/C25H32N2O9/c26-12-4-3-6-17(24(33)34)27-23(32)15-10-8-14(9-11-15)16-5-1-2-7-18(16)35-25-22(31)21(30)20(29)19(13-28)36-25/h1-2,5,7-11,17,19-22,25,28-31H,3-4,6,12-13,26H2,(H,27,32)(H,33,34)/t17-,19+,20+,21+,22-,25-/m0/s1. The maximum Gasteiger partial charge on any atom is 0.326 e. The number of aliphatic hydroxyl groups is 4. The van der Waals surface area contributed by atoms with Crippen molar-refractivity contribution in [3.63, 3.8) is 0 Å². The summed E-state index contributed by atoms with van der Waals surface area (Å²) in [5.74, 6) is -1.34. The van der Waals surface area contributed by atoms with Gasteiger partial charge in [0, 0.05) is 11.1 Å². The average Bonchev–Trinajstić information content (AvgIpc) is 2.88. The molecule has 0 unspecified atom stereocenters. The van der Waals surface area contributed by atoms with Gasteiger partial charge in [-0.3, -0.25) is 4.79 Å². The molecule has 6 atom stereocenters. The Morgan fingerprint density at radius 2 is 1.69 bits per heavy atom. The third kappa shape index (κ3) is 6.58. The molecule has 3 rings (SSSR count). The van der Waals surface area contributed by atoms with Gasteiger partial charge in [0.15, 0.2) is 0 Å². The van der Waals surface area contributed by atoms with Crippen LogP contribution in [0.25, 0.3) is 11.1 Å². The molecule has 0 aromatic heterocycles. The van der Waals surface area contributed by atoms with E-state index in [9.17, 15) is 35.1 Å². The zero-order valence-corrected chi connectivity index (χ0v) is 19.6. The Bertz CT molecular complexity index is 1010. The summed E-state index contributed by atoms with van der Waals surface area (Å²) in [4.78, 5) is 24.1. The Balaban J connectivity index is 1.74. The first-order chi connectivity index (χ1) is 17.3. The van der Waals surface area contributed by atoms with Crippen LogP contribution in [0.3, 0.4) is 0 Å². The van der Waals surface area contributed by atoms with Crippen LogP contribution in [0.5, 0.6) is 5.75 Å². The molecule has 0 spiro atoms. The molecule has 1 heterocycles. The van der Waals surface area contributed by atoms with Crippen molar-refractivity contribution in [1.82, 2.24) is 5.32 Å². The highest BCUT2D eigenvalue weighted by molar-refractivity contribution is 5.97. The molecule has 0 saturated carbocycles. The van der Waals surface area contributed by atoms with E-state index in [0.717, 1.165) is 0 Å². The molecule has 2 aromatic carbocycles. The van der Waals surface area contributed by atoms with Gasteiger partial charge in [-0.25, -0.2) is 4.79 Å². The average molecular weight is 505 g/mol. The summed E-state index contributed by atoms with van der Waals surface area (Å²) < 4.78 is 11.2. The second-order valence-electron chi connectivity index (χ2n) is 8.54. The van der Waals surface area contributed by atoms with Gasteiger partial charge in [-0.1, -0.05) is 30.3 Å². The fraction of sp³-hybridized carbons (Fsp3) is 0.440. The Morgan fingerprint density at radius 3 is 2.33 bits per heavy atom. The summed E-state index contributed by atoms with van der Waals surface area (Å²) in [5.41, 5.74) is 6.97. The van der Waals surface area contributed by atoms with Crippen molar-refractivity contribution >= 4 is 11.9 Å². The highest BCUT2D eigenvalue weighted by atomic mass is 16.7. The van der Waals surface area contributed by atoms with Gasteiger partial charge in [-0.15, -0.1) is 0 Å². The van der Waals surface area contributed by atoms with Crippen molar-refractivity contribution in [2.45, 2.75) is 56.0 Å². The summed E-state index contributed by atoms with van der Waals surface area (Å²) in [7, 11) is 0. The fourth-order valence-electron chi connectivity index (χ4n) is 3.89. The van der Waals surface area contributed by atoms with Crippen LogP contribution in [0.2, 0.25) is 0 Å². The smallest absolute Gasteiger partial charge is 0.326 e. The number of nitrogens with two attached hydrogens (primary N) is 1. The third-order valence-corrected chi connectivity index (χ3v) is 5.99. The number of rotatable bonds is 11. The van der Waals surface area contributed by atoms with Crippen LogP contribution in [-0.2, 0) is 9.53 Å². The summed E-state index contributed by atoms with van der Waals surface area (Å²) in [6.07, 6.45) is -5.57. The molecular weight excluding hydrogens is 472 g/mol. The lowest BCUT2D eigenvalue weighted by atomic mass is 9.99. The largest absolute Gasteiger partial charge is 0.480 e. The van der Waals surface area contributed by atoms with Gasteiger partial charge in [-0.2, -0.15) is 0 Å². The summed E-state index contributed by atoms with van der Waals surface area (Å²) in [6.45, 7) is -0.130. The van der Waals surface area contributed by atoms with E-state index < -0.39 is 55.2 Å². The summed E-state index contributed by atoms with van der Waals surface area (Å²) in [5, 5.41) is 51.6. The van der Waals surface area contributed by atoms with E-state index >= 15 is 0 Å². The van der Waals surface area contributed by atoms with Crippen LogP contribution in [0.15, 0.2) is 48.5 Å². The molecule has 1 amide bonds. The van der Waals surface area contributed by atoms with Gasteiger partial charge >= 0.3 is 5.97 Å². The number of carbonyl (C=O) groups is 2. The van der Waals surface area contributed by atoms with Crippen LogP contribution >= 0.6 is 0 Å². The van der Waals surface area contributed by atoms with Crippen molar-refractivity contribution in [3.8, 4) is 16.9 Å². The van der Waals surface area contributed by atoms with Crippen molar-refractivity contribution in [1.29, 1.82) is 0 Å². The monoisotopic (exact) mass is 504 g/mol. The topological polar surface area (TPSA) is 192 Å². The highest BCUT2D eigenvalue weighted by Gasteiger charge is 2.44. The number of benzene rings is 2. The Morgan fingerprint density at radius 1 is 1.00 bits per heavy atom. The number of para-hydroxylation sites is 1. The summed E-state index contributed by atoms with van der Waals surface area (Å²) >= 11 is 0.